The normalized spacial score (nSPS) is 10.4. The first-order valence-electron chi connectivity index (χ1n) is 8.97. The van der Waals surface area contributed by atoms with E-state index in [1.54, 1.807) is 19.2 Å². The number of methoxy groups -OCH3 is 1. The molecule has 0 radical (unpaired) electrons. The third-order valence-electron chi connectivity index (χ3n) is 4.27. The van der Waals surface area contributed by atoms with Gasteiger partial charge in [-0.2, -0.15) is 0 Å². The Morgan fingerprint density at radius 1 is 1.04 bits per heavy atom. The van der Waals surface area contributed by atoms with E-state index in [-0.39, 0.29) is 11.8 Å². The van der Waals surface area contributed by atoms with E-state index >= 15 is 0 Å². The fourth-order valence-corrected chi connectivity index (χ4v) is 3.79. The molecule has 5 nitrogen and oxygen atoms in total. The largest absolute Gasteiger partial charge is 0.495 e. The van der Waals surface area contributed by atoms with Crippen LogP contribution >= 0.6 is 11.3 Å². The Labute approximate surface area is 168 Å². The number of hydrogen-bond acceptors (Lipinski definition) is 4. The minimum absolute atomic E-state index is 0.168. The van der Waals surface area contributed by atoms with E-state index in [1.807, 2.05) is 56.3 Å². The summed E-state index contributed by atoms with van der Waals surface area (Å²) in [5, 5.41) is 5.68. The average molecular weight is 394 g/mol. The van der Waals surface area contributed by atoms with Gasteiger partial charge in [-0.1, -0.05) is 36.4 Å². The molecule has 2 N–H and O–H groups in total. The second-order valence-corrected chi connectivity index (χ2v) is 7.27. The van der Waals surface area contributed by atoms with Crippen LogP contribution in [0.2, 0.25) is 0 Å². The molecule has 2 aromatic carbocycles. The molecule has 0 spiro atoms. The van der Waals surface area contributed by atoms with Crippen LogP contribution in [0.15, 0.2) is 54.6 Å². The number of aryl methyl sites for hydroxylation is 1. The minimum atomic E-state index is -0.264. The van der Waals surface area contributed by atoms with Gasteiger partial charge in [-0.05, 0) is 43.2 Å². The second kappa shape index (κ2) is 8.71. The zero-order valence-corrected chi connectivity index (χ0v) is 16.9. The summed E-state index contributed by atoms with van der Waals surface area (Å²) < 4.78 is 5.42. The van der Waals surface area contributed by atoms with Gasteiger partial charge in [0.1, 0.15) is 10.6 Å². The van der Waals surface area contributed by atoms with Crippen LogP contribution in [0, 0.1) is 6.92 Å². The van der Waals surface area contributed by atoms with Gasteiger partial charge < -0.3 is 15.4 Å². The molecule has 0 saturated carbocycles. The molecule has 0 aliphatic heterocycles. The molecule has 1 heterocycles. The topological polar surface area (TPSA) is 67.4 Å². The number of carbonyl (C=O) groups is 2. The SMILES string of the molecule is CCNC(=O)c1ccc(C)c(NC(=O)c2sc(-c3ccccc3)cc2OC)c1. The zero-order valence-electron chi connectivity index (χ0n) is 16.0. The molecular formula is C22H22N2O3S. The number of carbonyl (C=O) groups excluding carboxylic acids is 2. The first-order valence-corrected chi connectivity index (χ1v) is 9.78. The Morgan fingerprint density at radius 3 is 2.46 bits per heavy atom. The lowest BCUT2D eigenvalue weighted by Crippen LogP contribution is -2.23. The van der Waals surface area contributed by atoms with Gasteiger partial charge in [-0.15, -0.1) is 11.3 Å². The van der Waals surface area contributed by atoms with Crippen LogP contribution in [-0.4, -0.2) is 25.5 Å². The lowest BCUT2D eigenvalue weighted by molar-refractivity contribution is 0.0954. The maximum atomic E-state index is 12.9. The number of ether oxygens (including phenoxy) is 1. The van der Waals surface area contributed by atoms with E-state index in [1.165, 1.54) is 11.3 Å². The fraction of sp³-hybridized carbons (Fsp3) is 0.182. The summed E-state index contributed by atoms with van der Waals surface area (Å²) in [5.41, 5.74) is 3.01. The summed E-state index contributed by atoms with van der Waals surface area (Å²) in [7, 11) is 1.55. The monoisotopic (exact) mass is 394 g/mol. The van der Waals surface area contributed by atoms with Gasteiger partial charge in [-0.25, -0.2) is 0 Å². The van der Waals surface area contributed by atoms with Crippen molar-refractivity contribution in [2.75, 3.05) is 19.0 Å². The fourth-order valence-electron chi connectivity index (χ4n) is 2.77. The summed E-state index contributed by atoms with van der Waals surface area (Å²) in [5.74, 6) is 0.0946. The second-order valence-electron chi connectivity index (χ2n) is 6.22. The lowest BCUT2D eigenvalue weighted by Gasteiger charge is -2.10. The molecular weight excluding hydrogens is 372 g/mol. The Kier molecular flexibility index (Phi) is 6.11. The predicted molar refractivity (Wildman–Crippen MR) is 113 cm³/mol. The number of hydrogen-bond donors (Lipinski definition) is 2. The molecule has 1 aromatic heterocycles. The van der Waals surface area contributed by atoms with E-state index < -0.39 is 0 Å². The van der Waals surface area contributed by atoms with Crippen molar-refractivity contribution in [2.24, 2.45) is 0 Å². The van der Waals surface area contributed by atoms with Crippen LogP contribution in [0.4, 0.5) is 5.69 Å². The molecule has 0 bridgehead atoms. The molecule has 0 aliphatic carbocycles. The molecule has 0 aliphatic rings. The van der Waals surface area contributed by atoms with Crippen LogP contribution in [0.25, 0.3) is 10.4 Å². The number of anilines is 1. The summed E-state index contributed by atoms with van der Waals surface area (Å²) in [6, 6.07) is 17.0. The molecule has 0 saturated heterocycles. The minimum Gasteiger partial charge on any atom is -0.495 e. The highest BCUT2D eigenvalue weighted by atomic mass is 32.1. The molecule has 28 heavy (non-hydrogen) atoms. The van der Waals surface area contributed by atoms with E-state index in [4.69, 9.17) is 4.74 Å². The van der Waals surface area contributed by atoms with Crippen molar-refractivity contribution in [3.8, 4) is 16.2 Å². The van der Waals surface area contributed by atoms with Crippen molar-refractivity contribution in [2.45, 2.75) is 13.8 Å². The van der Waals surface area contributed by atoms with Gasteiger partial charge >= 0.3 is 0 Å². The zero-order chi connectivity index (χ0) is 20.1. The lowest BCUT2D eigenvalue weighted by atomic mass is 10.1. The number of nitrogens with one attached hydrogen (secondary N) is 2. The molecule has 0 unspecified atom stereocenters. The predicted octanol–water partition coefficient (Wildman–Crippen LogP) is 4.73. The Balaban J connectivity index is 1.88. The van der Waals surface area contributed by atoms with E-state index in [9.17, 15) is 9.59 Å². The van der Waals surface area contributed by atoms with Gasteiger partial charge in [0.2, 0.25) is 0 Å². The first kappa shape index (κ1) is 19.6. The van der Waals surface area contributed by atoms with E-state index in [2.05, 4.69) is 10.6 Å². The highest BCUT2D eigenvalue weighted by molar-refractivity contribution is 7.17. The van der Waals surface area contributed by atoms with Gasteiger partial charge in [0.05, 0.1) is 7.11 Å². The maximum absolute atomic E-state index is 12.9. The number of amides is 2. The summed E-state index contributed by atoms with van der Waals surface area (Å²) in [6.45, 7) is 4.30. The number of rotatable bonds is 6. The third-order valence-corrected chi connectivity index (χ3v) is 5.43. The van der Waals surface area contributed by atoms with Crippen LogP contribution in [0.5, 0.6) is 5.75 Å². The van der Waals surface area contributed by atoms with Crippen LogP contribution in [0.1, 0.15) is 32.5 Å². The Bertz CT molecular complexity index is 996. The van der Waals surface area contributed by atoms with Crippen molar-refractivity contribution < 1.29 is 14.3 Å². The summed E-state index contributed by atoms with van der Waals surface area (Å²) in [4.78, 5) is 26.4. The van der Waals surface area contributed by atoms with Crippen LogP contribution < -0.4 is 15.4 Å². The van der Waals surface area contributed by atoms with Crippen LogP contribution in [-0.2, 0) is 0 Å². The van der Waals surface area contributed by atoms with Crippen LogP contribution in [0.3, 0.4) is 0 Å². The molecule has 3 rings (SSSR count). The summed E-state index contributed by atoms with van der Waals surface area (Å²) >= 11 is 1.37. The Hall–Kier alpha value is -3.12. The average Bonchev–Trinajstić information content (AvgIpc) is 3.15. The molecule has 6 heteroatoms. The van der Waals surface area contributed by atoms with Crippen molar-refractivity contribution in [3.05, 3.63) is 70.6 Å². The van der Waals surface area contributed by atoms with Gasteiger partial charge in [0, 0.05) is 22.7 Å². The number of benzene rings is 2. The molecule has 144 valence electrons. The molecule has 3 aromatic rings. The highest BCUT2D eigenvalue weighted by Gasteiger charge is 2.19. The van der Waals surface area contributed by atoms with Gasteiger partial charge in [-0.3, -0.25) is 9.59 Å². The summed E-state index contributed by atoms with van der Waals surface area (Å²) in [6.07, 6.45) is 0. The quantitative estimate of drug-likeness (QED) is 0.635. The number of thiophene rings is 1. The van der Waals surface area contributed by atoms with Crippen molar-refractivity contribution in [1.29, 1.82) is 0 Å². The Morgan fingerprint density at radius 2 is 1.79 bits per heavy atom. The third kappa shape index (κ3) is 4.23. The molecule has 2 amide bonds. The van der Waals surface area contributed by atoms with E-state index in [0.29, 0.717) is 28.4 Å². The van der Waals surface area contributed by atoms with Gasteiger partial charge in [0.15, 0.2) is 0 Å². The highest BCUT2D eigenvalue weighted by Crippen LogP contribution is 2.36. The van der Waals surface area contributed by atoms with Crippen molar-refractivity contribution in [1.82, 2.24) is 5.32 Å². The van der Waals surface area contributed by atoms with Crippen molar-refractivity contribution >= 4 is 28.8 Å². The maximum Gasteiger partial charge on any atom is 0.269 e. The van der Waals surface area contributed by atoms with Crippen molar-refractivity contribution in [3.63, 3.8) is 0 Å². The van der Waals surface area contributed by atoms with Gasteiger partial charge in [0.25, 0.3) is 11.8 Å². The standard InChI is InChI=1S/C22H22N2O3S/c1-4-23-21(25)16-11-10-14(2)17(12-16)24-22(26)20-18(27-3)13-19(28-20)15-8-6-5-7-9-15/h5-13H,4H2,1-3H3,(H,23,25)(H,24,26). The first-order chi connectivity index (χ1) is 13.5. The molecule has 0 fully saturated rings. The smallest absolute Gasteiger partial charge is 0.269 e. The molecule has 0 atom stereocenters. The van der Waals surface area contributed by atoms with E-state index in [0.717, 1.165) is 16.0 Å².